The van der Waals surface area contributed by atoms with E-state index in [0.717, 1.165) is 13.0 Å². The van der Waals surface area contributed by atoms with Crippen molar-refractivity contribution in [2.24, 2.45) is 10.7 Å². The van der Waals surface area contributed by atoms with Crippen LogP contribution in [0.15, 0.2) is 40.7 Å². The minimum absolute atomic E-state index is 0.107. The Labute approximate surface area is 128 Å². The van der Waals surface area contributed by atoms with Gasteiger partial charge in [0.05, 0.1) is 13.7 Å². The molecule has 0 radical (unpaired) electrons. The summed E-state index contributed by atoms with van der Waals surface area (Å²) in [7, 11) is 1.52. The summed E-state index contributed by atoms with van der Waals surface area (Å²) in [5.41, 5.74) is 6.49. The number of nitrogens with one attached hydrogen (secondary N) is 1. The lowest BCUT2D eigenvalue weighted by atomic mass is 10.2. The van der Waals surface area contributed by atoms with Crippen LogP contribution in [0.1, 0.15) is 10.4 Å². The fourth-order valence-electron chi connectivity index (χ4n) is 1.85. The van der Waals surface area contributed by atoms with Crippen LogP contribution in [-0.2, 0) is 13.0 Å². The summed E-state index contributed by atoms with van der Waals surface area (Å²) in [6.07, 6.45) is 0.915. The number of benzene rings is 1. The molecule has 0 aliphatic rings. The molecule has 1 heterocycles. The highest BCUT2D eigenvalue weighted by molar-refractivity contribution is 7.09. The van der Waals surface area contributed by atoms with Gasteiger partial charge in [-0.1, -0.05) is 18.2 Å². The van der Waals surface area contributed by atoms with Crippen LogP contribution in [0.25, 0.3) is 0 Å². The first kappa shape index (κ1) is 15.2. The van der Waals surface area contributed by atoms with E-state index in [4.69, 9.17) is 10.5 Å². The Morgan fingerprint density at radius 3 is 2.95 bits per heavy atom. The van der Waals surface area contributed by atoms with E-state index in [0.29, 0.717) is 23.8 Å². The Hall–Kier alpha value is -2.21. The number of guanidine groups is 1. The molecule has 112 valence electrons. The summed E-state index contributed by atoms with van der Waals surface area (Å²) in [5, 5.41) is 15.1. The molecule has 6 heteroatoms. The van der Waals surface area contributed by atoms with E-state index in [2.05, 4.69) is 21.8 Å². The average Bonchev–Trinajstić information content (AvgIpc) is 2.99. The van der Waals surface area contributed by atoms with Crippen LogP contribution < -0.4 is 15.8 Å². The zero-order chi connectivity index (χ0) is 15.1. The van der Waals surface area contributed by atoms with Crippen molar-refractivity contribution in [2.75, 3.05) is 13.7 Å². The lowest BCUT2D eigenvalue weighted by Crippen LogP contribution is -2.33. The molecule has 0 aliphatic heterocycles. The van der Waals surface area contributed by atoms with E-state index in [-0.39, 0.29) is 5.75 Å². The molecule has 2 rings (SSSR count). The topological polar surface area (TPSA) is 79.9 Å². The van der Waals surface area contributed by atoms with E-state index >= 15 is 0 Å². The van der Waals surface area contributed by atoms with Gasteiger partial charge in [0.15, 0.2) is 17.5 Å². The minimum atomic E-state index is 0.107. The van der Waals surface area contributed by atoms with Crippen LogP contribution in [0.4, 0.5) is 0 Å². The summed E-state index contributed by atoms with van der Waals surface area (Å²) in [4.78, 5) is 5.53. The quantitative estimate of drug-likeness (QED) is 0.564. The van der Waals surface area contributed by atoms with Gasteiger partial charge in [-0.05, 0) is 23.9 Å². The number of aliphatic imine (C=N–C) groups is 1. The number of para-hydroxylation sites is 1. The molecule has 0 fully saturated rings. The van der Waals surface area contributed by atoms with Gasteiger partial charge in [0.1, 0.15) is 0 Å². The average molecular weight is 305 g/mol. The predicted octanol–water partition coefficient (Wildman–Crippen LogP) is 2.11. The zero-order valence-corrected chi connectivity index (χ0v) is 12.7. The van der Waals surface area contributed by atoms with E-state index < -0.39 is 0 Å². The molecule has 1 aromatic heterocycles. The lowest BCUT2D eigenvalue weighted by molar-refractivity contribution is 0.370. The first-order valence-corrected chi connectivity index (χ1v) is 7.49. The number of rotatable bonds is 6. The Bertz CT molecular complexity index is 597. The molecule has 0 saturated carbocycles. The molecule has 0 spiro atoms. The van der Waals surface area contributed by atoms with Gasteiger partial charge in [-0.3, -0.25) is 0 Å². The molecule has 0 atom stereocenters. The van der Waals surface area contributed by atoms with Crippen molar-refractivity contribution in [3.8, 4) is 11.5 Å². The van der Waals surface area contributed by atoms with Crippen LogP contribution >= 0.6 is 11.3 Å². The number of phenolic OH excluding ortho intramolecular Hbond substituents is 1. The molecule has 0 aliphatic carbocycles. The van der Waals surface area contributed by atoms with Gasteiger partial charge in [0.25, 0.3) is 0 Å². The SMILES string of the molecule is COc1cccc(CN=C(N)NCCc2cccs2)c1O. The lowest BCUT2D eigenvalue weighted by Gasteiger charge is -2.08. The first-order valence-electron chi connectivity index (χ1n) is 6.61. The van der Waals surface area contributed by atoms with Crippen molar-refractivity contribution in [1.29, 1.82) is 0 Å². The molecule has 1 aromatic carbocycles. The van der Waals surface area contributed by atoms with Crippen molar-refractivity contribution >= 4 is 17.3 Å². The number of methoxy groups -OCH3 is 1. The van der Waals surface area contributed by atoms with Gasteiger partial charge in [-0.2, -0.15) is 0 Å². The number of thiophene rings is 1. The van der Waals surface area contributed by atoms with Crippen LogP contribution in [-0.4, -0.2) is 24.7 Å². The maximum atomic E-state index is 9.95. The molecule has 0 amide bonds. The Morgan fingerprint density at radius 1 is 1.38 bits per heavy atom. The standard InChI is InChI=1S/C15H19N3O2S/c1-20-13-6-2-4-11(14(13)19)10-18-15(16)17-8-7-12-5-3-9-21-12/h2-6,9,19H,7-8,10H2,1H3,(H3,16,17,18). The van der Waals surface area contributed by atoms with Crippen LogP contribution in [0.3, 0.4) is 0 Å². The van der Waals surface area contributed by atoms with Crippen molar-refractivity contribution in [2.45, 2.75) is 13.0 Å². The van der Waals surface area contributed by atoms with Crippen molar-refractivity contribution in [3.63, 3.8) is 0 Å². The largest absolute Gasteiger partial charge is 0.504 e. The van der Waals surface area contributed by atoms with Gasteiger partial charge >= 0.3 is 0 Å². The van der Waals surface area contributed by atoms with E-state index in [1.165, 1.54) is 12.0 Å². The molecule has 0 unspecified atom stereocenters. The van der Waals surface area contributed by atoms with Crippen molar-refractivity contribution in [3.05, 3.63) is 46.2 Å². The van der Waals surface area contributed by atoms with Gasteiger partial charge in [0.2, 0.25) is 0 Å². The van der Waals surface area contributed by atoms with E-state index in [1.54, 1.807) is 23.5 Å². The van der Waals surface area contributed by atoms with Gasteiger partial charge in [-0.15, -0.1) is 11.3 Å². The summed E-state index contributed by atoms with van der Waals surface area (Å²) in [6.45, 7) is 1.04. The van der Waals surface area contributed by atoms with E-state index in [9.17, 15) is 5.11 Å². The molecule has 0 bridgehead atoms. The molecular formula is C15H19N3O2S. The molecule has 0 saturated heterocycles. The smallest absolute Gasteiger partial charge is 0.188 e. The van der Waals surface area contributed by atoms with Gasteiger partial charge < -0.3 is 20.9 Å². The predicted molar refractivity (Wildman–Crippen MR) is 86.0 cm³/mol. The summed E-state index contributed by atoms with van der Waals surface area (Å²) in [5.74, 6) is 0.913. The highest BCUT2D eigenvalue weighted by atomic mass is 32.1. The molecule has 2 aromatic rings. The zero-order valence-electron chi connectivity index (χ0n) is 11.9. The van der Waals surface area contributed by atoms with Crippen LogP contribution in [0, 0.1) is 0 Å². The Morgan fingerprint density at radius 2 is 2.24 bits per heavy atom. The first-order chi connectivity index (χ1) is 10.2. The maximum Gasteiger partial charge on any atom is 0.188 e. The number of phenols is 1. The van der Waals surface area contributed by atoms with Crippen molar-refractivity contribution < 1.29 is 9.84 Å². The van der Waals surface area contributed by atoms with Gasteiger partial charge in [0, 0.05) is 17.0 Å². The van der Waals surface area contributed by atoms with E-state index in [1.807, 2.05) is 12.1 Å². The third-order valence-electron chi connectivity index (χ3n) is 2.98. The molecule has 21 heavy (non-hydrogen) atoms. The third kappa shape index (κ3) is 4.39. The Balaban J connectivity index is 1.85. The van der Waals surface area contributed by atoms with Crippen molar-refractivity contribution in [1.82, 2.24) is 5.32 Å². The maximum absolute atomic E-state index is 9.95. The molecule has 5 nitrogen and oxygen atoms in total. The number of ether oxygens (including phenoxy) is 1. The van der Waals surface area contributed by atoms with Gasteiger partial charge in [-0.25, -0.2) is 4.99 Å². The number of aromatic hydroxyl groups is 1. The molecular weight excluding hydrogens is 286 g/mol. The monoisotopic (exact) mass is 305 g/mol. The second-order valence-electron chi connectivity index (χ2n) is 4.43. The number of hydrogen-bond acceptors (Lipinski definition) is 4. The highest BCUT2D eigenvalue weighted by Crippen LogP contribution is 2.29. The number of nitrogens with two attached hydrogens (primary N) is 1. The summed E-state index contributed by atoms with van der Waals surface area (Å²) < 4.78 is 5.05. The number of nitrogens with zero attached hydrogens (tertiary/aromatic N) is 1. The van der Waals surface area contributed by atoms with Crippen LogP contribution in [0.5, 0.6) is 11.5 Å². The number of hydrogen-bond donors (Lipinski definition) is 3. The fourth-order valence-corrected chi connectivity index (χ4v) is 2.56. The normalized spacial score (nSPS) is 11.4. The summed E-state index contributed by atoms with van der Waals surface area (Å²) in [6, 6.07) is 9.42. The summed E-state index contributed by atoms with van der Waals surface area (Å²) >= 11 is 1.72. The third-order valence-corrected chi connectivity index (χ3v) is 3.92. The Kier molecular flexibility index (Phi) is 5.45. The van der Waals surface area contributed by atoms with Crippen LogP contribution in [0.2, 0.25) is 0 Å². The minimum Gasteiger partial charge on any atom is -0.504 e. The highest BCUT2D eigenvalue weighted by Gasteiger charge is 2.06. The second kappa shape index (κ2) is 7.54. The second-order valence-corrected chi connectivity index (χ2v) is 5.46. The fraction of sp³-hybridized carbons (Fsp3) is 0.267. The molecule has 4 N–H and O–H groups in total.